The number of aromatic nitrogens is 3. The summed E-state index contributed by atoms with van der Waals surface area (Å²) in [7, 11) is -1.09. The highest BCUT2D eigenvalue weighted by atomic mass is 32.2. The van der Waals surface area contributed by atoms with E-state index in [9.17, 15) is 8.42 Å². The Kier molecular flexibility index (Phi) is 6.43. The maximum atomic E-state index is 11.4. The third kappa shape index (κ3) is 4.74. The lowest BCUT2D eigenvalue weighted by atomic mass is 10.0. The molecular weight excluding hydrogens is 452 g/mol. The fraction of sp³-hybridized carbons (Fsp3) is 0.250. The van der Waals surface area contributed by atoms with Gasteiger partial charge in [0.1, 0.15) is 0 Å². The van der Waals surface area contributed by atoms with E-state index < -0.39 is 10.9 Å². The van der Waals surface area contributed by atoms with Gasteiger partial charge in [-0.2, -0.15) is 0 Å². The van der Waals surface area contributed by atoms with E-state index in [0.717, 1.165) is 60.0 Å². The van der Waals surface area contributed by atoms with E-state index in [0.29, 0.717) is 5.95 Å². The molecule has 1 aliphatic heterocycles. The van der Waals surface area contributed by atoms with Gasteiger partial charge in [-0.3, -0.25) is 0 Å². The summed E-state index contributed by atoms with van der Waals surface area (Å²) in [6.45, 7) is 3.49. The van der Waals surface area contributed by atoms with Gasteiger partial charge >= 0.3 is 0 Å². The number of benzene rings is 2. The van der Waals surface area contributed by atoms with Gasteiger partial charge in [0.25, 0.3) is 0 Å². The first-order chi connectivity index (χ1) is 16.6. The Hall–Kier alpha value is -3.47. The number of fused-ring (bicyclic) bond motifs is 1. The molecule has 0 atom stereocenters. The molecule has 0 bridgehead atoms. The average Bonchev–Trinajstić information content (AvgIpc) is 3.28. The van der Waals surface area contributed by atoms with Crippen molar-refractivity contribution in [1.82, 2.24) is 18.9 Å². The zero-order valence-electron chi connectivity index (χ0n) is 18.8. The smallest absolute Gasteiger partial charge is 0.245 e. The summed E-state index contributed by atoms with van der Waals surface area (Å²) < 4.78 is 31.3. The Labute approximate surface area is 199 Å². The van der Waals surface area contributed by atoms with Gasteiger partial charge in [0.05, 0.1) is 30.6 Å². The second-order valence-corrected chi connectivity index (χ2v) is 9.28. The third-order valence-electron chi connectivity index (χ3n) is 5.85. The molecule has 3 heterocycles. The molecule has 4 aromatic rings. The number of nitrogens with zero attached hydrogens (tertiary/aromatic N) is 5. The van der Waals surface area contributed by atoms with Crippen molar-refractivity contribution in [2.75, 3.05) is 43.6 Å². The van der Waals surface area contributed by atoms with E-state index >= 15 is 0 Å². The molecule has 1 N–H and O–H groups in total. The monoisotopic (exact) mass is 478 g/mol. The number of anilines is 3. The summed E-state index contributed by atoms with van der Waals surface area (Å²) >= 11 is 0. The van der Waals surface area contributed by atoms with Crippen molar-refractivity contribution < 1.29 is 13.2 Å². The summed E-state index contributed by atoms with van der Waals surface area (Å²) in [5.74, 6) is 0.473. The standard InChI is InChI=1S/C24H26N6O3S/c1-28(34(31)32)17-18-5-2-3-8-22(18)23-10-9-21-16-25-24(27-30(21)23)26-19-6-4-7-20(15-19)29-11-13-33-14-12-29/h2-10,15-16,34H,11-14,17H2,1H3,(H,26,27). The van der Waals surface area contributed by atoms with Gasteiger partial charge in [0.2, 0.25) is 16.8 Å². The summed E-state index contributed by atoms with van der Waals surface area (Å²) in [5.41, 5.74) is 5.57. The third-order valence-corrected chi connectivity index (χ3v) is 6.55. The molecule has 176 valence electrons. The lowest BCUT2D eigenvalue weighted by Crippen LogP contribution is -2.36. The van der Waals surface area contributed by atoms with E-state index in [1.165, 1.54) is 4.31 Å². The van der Waals surface area contributed by atoms with Gasteiger partial charge in [-0.15, -0.1) is 5.10 Å². The first kappa shape index (κ1) is 22.3. The quantitative estimate of drug-likeness (QED) is 0.395. The molecule has 0 unspecified atom stereocenters. The number of hydrogen-bond donors (Lipinski definition) is 2. The van der Waals surface area contributed by atoms with Crippen molar-refractivity contribution in [3.63, 3.8) is 0 Å². The van der Waals surface area contributed by atoms with Crippen LogP contribution in [-0.4, -0.2) is 60.7 Å². The van der Waals surface area contributed by atoms with Crippen molar-refractivity contribution in [2.45, 2.75) is 6.54 Å². The molecule has 1 aliphatic rings. The summed E-state index contributed by atoms with van der Waals surface area (Å²) in [6, 6.07) is 19.9. The van der Waals surface area contributed by atoms with E-state index in [2.05, 4.69) is 27.3 Å². The van der Waals surface area contributed by atoms with Gasteiger partial charge in [-0.25, -0.2) is 22.2 Å². The Balaban J connectivity index is 1.45. The first-order valence-electron chi connectivity index (χ1n) is 11.1. The minimum atomic E-state index is -2.65. The molecule has 34 heavy (non-hydrogen) atoms. The first-order valence-corrected chi connectivity index (χ1v) is 12.2. The summed E-state index contributed by atoms with van der Waals surface area (Å²) in [6.07, 6.45) is 1.77. The fourth-order valence-corrected chi connectivity index (χ4v) is 4.37. The molecule has 1 saturated heterocycles. The molecule has 0 spiro atoms. The lowest BCUT2D eigenvalue weighted by molar-refractivity contribution is 0.122. The fourth-order valence-electron chi connectivity index (χ4n) is 4.11. The predicted molar refractivity (Wildman–Crippen MR) is 133 cm³/mol. The van der Waals surface area contributed by atoms with Crippen LogP contribution in [0.25, 0.3) is 16.8 Å². The van der Waals surface area contributed by atoms with Crippen LogP contribution in [0, 0.1) is 0 Å². The minimum Gasteiger partial charge on any atom is -0.378 e. The number of thiol groups is 1. The van der Waals surface area contributed by atoms with E-state index in [-0.39, 0.29) is 6.54 Å². The van der Waals surface area contributed by atoms with Crippen molar-refractivity contribution >= 4 is 33.7 Å². The van der Waals surface area contributed by atoms with Crippen LogP contribution in [0.3, 0.4) is 0 Å². The van der Waals surface area contributed by atoms with Gasteiger partial charge in [0.15, 0.2) is 0 Å². The highest BCUT2D eigenvalue weighted by Crippen LogP contribution is 2.27. The molecular formula is C24H26N6O3S. The maximum Gasteiger partial charge on any atom is 0.245 e. The average molecular weight is 479 g/mol. The van der Waals surface area contributed by atoms with Crippen molar-refractivity contribution in [3.8, 4) is 11.3 Å². The zero-order valence-corrected chi connectivity index (χ0v) is 19.7. The summed E-state index contributed by atoms with van der Waals surface area (Å²) in [5, 5.41) is 8.05. The van der Waals surface area contributed by atoms with Crippen molar-refractivity contribution in [1.29, 1.82) is 0 Å². The number of morpholine rings is 1. The van der Waals surface area contributed by atoms with Crippen LogP contribution in [0.4, 0.5) is 17.3 Å². The molecule has 0 radical (unpaired) electrons. The Morgan fingerprint density at radius 1 is 1.06 bits per heavy atom. The highest BCUT2D eigenvalue weighted by Gasteiger charge is 2.14. The molecule has 2 aromatic carbocycles. The number of nitrogens with one attached hydrogen (secondary N) is 1. The summed E-state index contributed by atoms with van der Waals surface area (Å²) in [4.78, 5) is 6.78. The zero-order chi connectivity index (χ0) is 23.5. The molecule has 9 nitrogen and oxygen atoms in total. The molecule has 2 aromatic heterocycles. The normalized spacial score (nSPS) is 14.3. The van der Waals surface area contributed by atoms with Crippen LogP contribution in [-0.2, 0) is 22.2 Å². The Bertz CT molecular complexity index is 1370. The van der Waals surface area contributed by atoms with Crippen molar-refractivity contribution in [2.24, 2.45) is 0 Å². The van der Waals surface area contributed by atoms with Gasteiger partial charge < -0.3 is 15.0 Å². The second-order valence-electron chi connectivity index (χ2n) is 8.12. The molecule has 1 fully saturated rings. The Morgan fingerprint density at radius 3 is 2.71 bits per heavy atom. The largest absolute Gasteiger partial charge is 0.378 e. The van der Waals surface area contributed by atoms with E-state index in [1.807, 2.05) is 53.0 Å². The topological polar surface area (TPSA) is 92.1 Å². The van der Waals surface area contributed by atoms with Crippen LogP contribution in [0.15, 0.2) is 66.9 Å². The van der Waals surface area contributed by atoms with Gasteiger partial charge in [-0.05, 0) is 35.9 Å². The van der Waals surface area contributed by atoms with Crippen LogP contribution < -0.4 is 10.2 Å². The number of ether oxygens (including phenoxy) is 1. The van der Waals surface area contributed by atoms with E-state index in [1.54, 1.807) is 13.2 Å². The highest BCUT2D eigenvalue weighted by molar-refractivity contribution is 7.69. The maximum absolute atomic E-state index is 11.4. The molecule has 10 heteroatoms. The molecule has 0 saturated carbocycles. The van der Waals surface area contributed by atoms with Crippen molar-refractivity contribution in [3.05, 3.63) is 72.4 Å². The SMILES string of the molecule is CN(Cc1ccccc1-c1ccc2cnc(Nc3cccc(N4CCOCC4)c3)nn12)[SH](=O)=O. The van der Waals surface area contributed by atoms with Crippen LogP contribution >= 0.6 is 0 Å². The predicted octanol–water partition coefficient (Wildman–Crippen LogP) is 2.93. The Morgan fingerprint density at radius 2 is 1.88 bits per heavy atom. The van der Waals surface area contributed by atoms with Crippen LogP contribution in [0.1, 0.15) is 5.56 Å². The van der Waals surface area contributed by atoms with E-state index in [4.69, 9.17) is 9.84 Å². The molecule has 0 amide bonds. The molecule has 0 aliphatic carbocycles. The van der Waals surface area contributed by atoms with Crippen LogP contribution in [0.5, 0.6) is 0 Å². The van der Waals surface area contributed by atoms with Gasteiger partial charge in [0, 0.05) is 43.6 Å². The molecule has 5 rings (SSSR count). The second kappa shape index (κ2) is 9.80. The number of hydrogen-bond acceptors (Lipinski definition) is 7. The number of rotatable bonds is 7. The lowest BCUT2D eigenvalue weighted by Gasteiger charge is -2.29. The van der Waals surface area contributed by atoms with Gasteiger partial charge in [-0.1, -0.05) is 30.3 Å². The minimum absolute atomic E-state index is 0.284. The van der Waals surface area contributed by atoms with Crippen LogP contribution in [0.2, 0.25) is 0 Å².